The molecule has 0 fully saturated rings. The molecule has 0 saturated heterocycles. The van der Waals surface area contributed by atoms with Crippen LogP contribution in [0.5, 0.6) is 11.5 Å². The number of hydrogen-bond acceptors (Lipinski definition) is 7. The topological polar surface area (TPSA) is 111 Å². The van der Waals surface area contributed by atoms with Crippen molar-refractivity contribution in [2.24, 2.45) is 0 Å². The Morgan fingerprint density at radius 1 is 1.09 bits per heavy atom. The molecule has 0 radical (unpaired) electrons. The average Bonchev–Trinajstić information content (AvgIpc) is 3.30. The molecule has 0 atom stereocenters. The minimum absolute atomic E-state index is 0.0573. The summed E-state index contributed by atoms with van der Waals surface area (Å²) in [6, 6.07) is 17.3. The van der Waals surface area contributed by atoms with E-state index in [1.807, 2.05) is 31.2 Å². The number of esters is 1. The number of anilines is 1. The molecule has 3 rings (SSSR count). The fourth-order valence-corrected chi connectivity index (χ4v) is 2.94. The van der Waals surface area contributed by atoms with Gasteiger partial charge in [-0.25, -0.2) is 4.79 Å². The molecular weight excluding hydrogens is 424 g/mol. The number of nitriles is 1. The van der Waals surface area contributed by atoms with Crippen LogP contribution in [0, 0.1) is 18.3 Å². The van der Waals surface area contributed by atoms with E-state index in [1.54, 1.807) is 30.3 Å². The van der Waals surface area contributed by atoms with Gasteiger partial charge in [-0.2, -0.15) is 5.26 Å². The molecule has 0 aliphatic rings. The summed E-state index contributed by atoms with van der Waals surface area (Å²) in [5, 5.41) is 12.2. The summed E-state index contributed by atoms with van der Waals surface area (Å²) in [7, 11) is 2.75. The second-order valence-corrected chi connectivity index (χ2v) is 6.95. The monoisotopic (exact) mass is 446 g/mol. The van der Waals surface area contributed by atoms with Crippen molar-refractivity contribution in [3.05, 3.63) is 82.8 Å². The molecule has 2 aromatic carbocycles. The molecule has 8 nitrogen and oxygen atoms in total. The van der Waals surface area contributed by atoms with Crippen LogP contribution in [0.3, 0.4) is 0 Å². The minimum Gasteiger partial charge on any atom is -0.493 e. The molecule has 168 valence electrons. The van der Waals surface area contributed by atoms with Crippen molar-refractivity contribution < 1.29 is 28.2 Å². The predicted molar refractivity (Wildman–Crippen MR) is 121 cm³/mol. The fraction of sp³-hybridized carbons (Fsp3) is 0.160. The van der Waals surface area contributed by atoms with Crippen molar-refractivity contribution in [3.8, 4) is 17.6 Å². The van der Waals surface area contributed by atoms with Crippen molar-refractivity contribution in [1.29, 1.82) is 5.26 Å². The van der Waals surface area contributed by atoms with Gasteiger partial charge in [0.15, 0.2) is 11.5 Å². The molecule has 1 heterocycles. The van der Waals surface area contributed by atoms with Crippen molar-refractivity contribution in [1.82, 2.24) is 0 Å². The van der Waals surface area contributed by atoms with E-state index in [2.05, 4.69) is 10.1 Å². The number of aryl methyl sites for hydroxylation is 1. The van der Waals surface area contributed by atoms with E-state index in [0.29, 0.717) is 28.5 Å². The number of nitrogens with zero attached hydrogens (tertiary/aromatic N) is 1. The molecule has 33 heavy (non-hydrogen) atoms. The summed E-state index contributed by atoms with van der Waals surface area (Å²) in [6.45, 7) is 1.97. The minimum atomic E-state index is -0.574. The van der Waals surface area contributed by atoms with Gasteiger partial charge < -0.3 is 23.9 Å². The lowest BCUT2D eigenvalue weighted by atomic mass is 10.1. The van der Waals surface area contributed by atoms with Crippen LogP contribution in [-0.4, -0.2) is 26.1 Å². The molecule has 1 N–H and O–H groups in total. The van der Waals surface area contributed by atoms with Crippen molar-refractivity contribution in [3.63, 3.8) is 0 Å². The van der Waals surface area contributed by atoms with Gasteiger partial charge in [-0.15, -0.1) is 0 Å². The third kappa shape index (κ3) is 6.02. The fourth-order valence-electron chi connectivity index (χ4n) is 2.94. The van der Waals surface area contributed by atoms with Crippen LogP contribution in [-0.2, 0) is 16.1 Å². The van der Waals surface area contributed by atoms with Crippen LogP contribution in [0.25, 0.3) is 6.08 Å². The van der Waals surface area contributed by atoms with E-state index in [4.69, 9.17) is 13.9 Å². The van der Waals surface area contributed by atoms with Gasteiger partial charge in [0.25, 0.3) is 5.91 Å². The van der Waals surface area contributed by atoms with Crippen LogP contribution in [0.1, 0.15) is 27.4 Å². The third-order valence-corrected chi connectivity index (χ3v) is 4.56. The number of ether oxygens (including phenoxy) is 3. The van der Waals surface area contributed by atoms with Gasteiger partial charge in [-0.3, -0.25) is 4.79 Å². The maximum atomic E-state index is 12.5. The molecule has 0 bridgehead atoms. The van der Waals surface area contributed by atoms with Gasteiger partial charge in [0.05, 0.1) is 14.2 Å². The summed E-state index contributed by atoms with van der Waals surface area (Å²) in [5.74, 6) is 0.252. The van der Waals surface area contributed by atoms with Gasteiger partial charge in [0, 0.05) is 5.69 Å². The maximum absolute atomic E-state index is 12.5. The summed E-state index contributed by atoms with van der Waals surface area (Å²) < 4.78 is 21.1. The maximum Gasteiger partial charge on any atom is 0.373 e. The number of methoxy groups -OCH3 is 2. The first-order valence-electron chi connectivity index (χ1n) is 9.91. The molecule has 1 aromatic heterocycles. The molecule has 0 unspecified atom stereocenters. The number of carbonyl (C=O) groups excluding carboxylic acids is 2. The van der Waals surface area contributed by atoms with Gasteiger partial charge in [-0.1, -0.05) is 18.2 Å². The zero-order valence-electron chi connectivity index (χ0n) is 18.4. The highest BCUT2D eigenvalue weighted by Gasteiger charge is 2.14. The molecule has 3 aromatic rings. The van der Waals surface area contributed by atoms with E-state index in [9.17, 15) is 14.9 Å². The SMILES string of the molecule is COC(=O)c1ccc(COc2ccc(C=C(C#N)C(=O)Nc3cccc(C)c3)cc2OC)o1. The molecular formula is C25H22N2O6. The van der Waals surface area contributed by atoms with Crippen LogP contribution >= 0.6 is 0 Å². The lowest BCUT2D eigenvalue weighted by Crippen LogP contribution is -2.13. The van der Waals surface area contributed by atoms with E-state index in [0.717, 1.165) is 5.56 Å². The second kappa shape index (κ2) is 10.7. The Hall–Kier alpha value is -4.51. The Kier molecular flexibility index (Phi) is 7.50. The highest BCUT2D eigenvalue weighted by molar-refractivity contribution is 6.09. The van der Waals surface area contributed by atoms with Crippen molar-refractivity contribution >= 4 is 23.6 Å². The van der Waals surface area contributed by atoms with E-state index < -0.39 is 11.9 Å². The molecule has 0 aliphatic heterocycles. The van der Waals surface area contributed by atoms with Gasteiger partial charge in [0.2, 0.25) is 5.76 Å². The molecule has 0 aliphatic carbocycles. The lowest BCUT2D eigenvalue weighted by molar-refractivity contribution is -0.112. The summed E-state index contributed by atoms with van der Waals surface area (Å²) in [5.41, 5.74) is 2.13. The Labute approximate surface area is 191 Å². The predicted octanol–water partition coefficient (Wildman–Crippen LogP) is 4.51. The molecule has 0 spiro atoms. The van der Waals surface area contributed by atoms with Crippen LogP contribution in [0.15, 0.2) is 64.6 Å². The largest absolute Gasteiger partial charge is 0.493 e. The Bertz CT molecular complexity index is 1240. The average molecular weight is 446 g/mol. The van der Waals surface area contributed by atoms with Gasteiger partial charge in [-0.05, 0) is 60.5 Å². The van der Waals surface area contributed by atoms with Crippen LogP contribution < -0.4 is 14.8 Å². The number of rotatable bonds is 8. The lowest BCUT2D eigenvalue weighted by Gasteiger charge is -2.11. The highest BCUT2D eigenvalue weighted by atomic mass is 16.5. The van der Waals surface area contributed by atoms with E-state index in [-0.39, 0.29) is 17.9 Å². The smallest absolute Gasteiger partial charge is 0.373 e. The van der Waals surface area contributed by atoms with Crippen LogP contribution in [0.4, 0.5) is 5.69 Å². The number of nitrogens with one attached hydrogen (secondary N) is 1. The van der Waals surface area contributed by atoms with Crippen LogP contribution in [0.2, 0.25) is 0 Å². The quantitative estimate of drug-likeness (QED) is 0.308. The summed E-state index contributed by atoms with van der Waals surface area (Å²) in [4.78, 5) is 24.0. The first-order chi connectivity index (χ1) is 15.9. The number of furan rings is 1. The van der Waals surface area contributed by atoms with E-state index >= 15 is 0 Å². The molecule has 0 saturated carbocycles. The zero-order valence-corrected chi connectivity index (χ0v) is 18.4. The molecule has 8 heteroatoms. The number of carbonyl (C=O) groups is 2. The Balaban J connectivity index is 1.72. The first-order valence-corrected chi connectivity index (χ1v) is 9.91. The van der Waals surface area contributed by atoms with Crippen molar-refractivity contribution in [2.45, 2.75) is 13.5 Å². The van der Waals surface area contributed by atoms with E-state index in [1.165, 1.54) is 26.4 Å². The highest BCUT2D eigenvalue weighted by Crippen LogP contribution is 2.30. The standard InChI is InChI=1S/C25H22N2O6/c1-16-5-4-6-19(11-16)27-24(28)18(14-26)12-17-7-9-21(23(13-17)30-2)32-15-20-8-10-22(33-20)25(29)31-3/h4-13H,15H2,1-3H3,(H,27,28). The summed E-state index contributed by atoms with van der Waals surface area (Å²) in [6.07, 6.45) is 1.46. The molecule has 1 amide bonds. The van der Waals surface area contributed by atoms with Crippen molar-refractivity contribution in [2.75, 3.05) is 19.5 Å². The normalized spacial score (nSPS) is 10.8. The zero-order chi connectivity index (χ0) is 23.8. The second-order valence-electron chi connectivity index (χ2n) is 6.95. The Morgan fingerprint density at radius 2 is 1.91 bits per heavy atom. The summed E-state index contributed by atoms with van der Waals surface area (Å²) >= 11 is 0. The first kappa shape index (κ1) is 23.2. The van der Waals surface area contributed by atoms with Gasteiger partial charge in [0.1, 0.15) is 24.0 Å². The number of benzene rings is 2. The number of hydrogen-bond donors (Lipinski definition) is 1. The van der Waals surface area contributed by atoms with Gasteiger partial charge >= 0.3 is 5.97 Å². The number of amides is 1. The third-order valence-electron chi connectivity index (χ3n) is 4.56. The Morgan fingerprint density at radius 3 is 2.61 bits per heavy atom.